The molecule has 5 heteroatoms. The molecule has 1 heterocycles. The molecule has 1 aromatic heterocycles. The molecule has 1 N–H and O–H groups in total. The van der Waals surface area contributed by atoms with Crippen LogP contribution in [0.5, 0.6) is 0 Å². The second-order valence-electron chi connectivity index (χ2n) is 3.77. The number of hydrogen-bond acceptors (Lipinski definition) is 3. The van der Waals surface area contributed by atoms with Crippen LogP contribution in [-0.2, 0) is 11.3 Å². The maximum atomic E-state index is 11.3. The molecule has 0 atom stereocenters. The number of nitrogens with zero attached hydrogens (tertiary/aromatic N) is 1. The fourth-order valence-corrected chi connectivity index (χ4v) is 2.70. The van der Waals surface area contributed by atoms with E-state index in [0.29, 0.717) is 6.42 Å². The van der Waals surface area contributed by atoms with Crippen molar-refractivity contribution in [2.24, 2.45) is 0 Å². The Morgan fingerprint density at radius 1 is 1.50 bits per heavy atom. The highest BCUT2D eigenvalue weighted by Gasteiger charge is 2.02. The number of carbonyl (C=O) groups excluding carboxylic acids is 1. The van der Waals surface area contributed by atoms with Crippen molar-refractivity contribution in [3.05, 3.63) is 20.8 Å². The zero-order valence-corrected chi connectivity index (χ0v) is 12.0. The minimum absolute atomic E-state index is 0.195. The van der Waals surface area contributed by atoms with Gasteiger partial charge in [0.05, 0.1) is 3.79 Å². The van der Waals surface area contributed by atoms with Crippen LogP contribution in [-0.4, -0.2) is 31.4 Å². The van der Waals surface area contributed by atoms with Gasteiger partial charge in [-0.3, -0.25) is 4.79 Å². The van der Waals surface area contributed by atoms with Gasteiger partial charge in [-0.1, -0.05) is 0 Å². The number of rotatable bonds is 6. The maximum absolute atomic E-state index is 11.3. The highest BCUT2D eigenvalue weighted by atomic mass is 79.9. The normalized spacial score (nSPS) is 10.4. The first-order valence-corrected chi connectivity index (χ1v) is 6.85. The summed E-state index contributed by atoms with van der Waals surface area (Å²) in [5.41, 5.74) is 0. The summed E-state index contributed by atoms with van der Waals surface area (Å²) in [7, 11) is 3.58. The Morgan fingerprint density at radius 3 is 2.81 bits per heavy atom. The van der Waals surface area contributed by atoms with Crippen LogP contribution in [0.25, 0.3) is 0 Å². The number of thiophene rings is 1. The standard InChI is InChI=1S/C11H17BrN2OS/c1-14(2)11(15)4-3-7-13-8-9-5-6-10(12)16-9/h5-6,13H,3-4,7-8H2,1-2H3. The molecule has 1 rings (SSSR count). The van der Waals surface area contributed by atoms with E-state index in [1.807, 2.05) is 0 Å². The van der Waals surface area contributed by atoms with Gasteiger partial charge in [0.15, 0.2) is 0 Å². The monoisotopic (exact) mass is 304 g/mol. The van der Waals surface area contributed by atoms with Gasteiger partial charge in [-0.05, 0) is 41.0 Å². The lowest BCUT2D eigenvalue weighted by Crippen LogP contribution is -2.23. The van der Waals surface area contributed by atoms with Gasteiger partial charge in [0.1, 0.15) is 0 Å². The van der Waals surface area contributed by atoms with Crippen molar-refractivity contribution in [3.8, 4) is 0 Å². The lowest BCUT2D eigenvalue weighted by Gasteiger charge is -2.09. The van der Waals surface area contributed by atoms with Gasteiger partial charge in [-0.25, -0.2) is 0 Å². The van der Waals surface area contributed by atoms with Crippen LogP contribution in [0, 0.1) is 0 Å². The Morgan fingerprint density at radius 2 is 2.25 bits per heavy atom. The summed E-state index contributed by atoms with van der Waals surface area (Å²) in [6, 6.07) is 4.16. The number of amides is 1. The molecule has 0 aliphatic heterocycles. The summed E-state index contributed by atoms with van der Waals surface area (Å²) in [5.74, 6) is 0.195. The molecule has 0 aliphatic rings. The number of halogens is 1. The summed E-state index contributed by atoms with van der Waals surface area (Å²) in [6.07, 6.45) is 1.51. The summed E-state index contributed by atoms with van der Waals surface area (Å²) in [6.45, 7) is 1.77. The van der Waals surface area contributed by atoms with E-state index in [1.54, 1.807) is 30.3 Å². The first-order chi connectivity index (χ1) is 7.59. The highest BCUT2D eigenvalue weighted by molar-refractivity contribution is 9.11. The van der Waals surface area contributed by atoms with Crippen LogP contribution in [0.1, 0.15) is 17.7 Å². The van der Waals surface area contributed by atoms with E-state index in [-0.39, 0.29) is 5.91 Å². The molecule has 1 aromatic rings. The van der Waals surface area contributed by atoms with Gasteiger partial charge in [-0.15, -0.1) is 11.3 Å². The van der Waals surface area contributed by atoms with Crippen molar-refractivity contribution < 1.29 is 4.79 Å². The minimum Gasteiger partial charge on any atom is -0.349 e. The van der Waals surface area contributed by atoms with Gasteiger partial charge in [-0.2, -0.15) is 0 Å². The summed E-state index contributed by atoms with van der Waals surface area (Å²) >= 11 is 5.17. The van der Waals surface area contributed by atoms with Crippen molar-refractivity contribution in [1.29, 1.82) is 0 Å². The molecule has 0 aliphatic carbocycles. The first-order valence-electron chi connectivity index (χ1n) is 5.24. The van der Waals surface area contributed by atoms with Gasteiger partial charge in [0.2, 0.25) is 5.91 Å². The molecule has 0 bridgehead atoms. The Kier molecular flexibility index (Phi) is 6.01. The average Bonchev–Trinajstić information content (AvgIpc) is 2.63. The molecule has 0 fully saturated rings. The second kappa shape index (κ2) is 7.04. The fraction of sp³-hybridized carbons (Fsp3) is 0.545. The molecule has 0 saturated carbocycles. The van der Waals surface area contributed by atoms with Crippen LogP contribution in [0.4, 0.5) is 0 Å². The van der Waals surface area contributed by atoms with Crippen LogP contribution >= 0.6 is 27.3 Å². The molecule has 1 amide bonds. The number of nitrogens with one attached hydrogen (secondary N) is 1. The minimum atomic E-state index is 0.195. The van der Waals surface area contributed by atoms with Gasteiger partial charge in [0.25, 0.3) is 0 Å². The van der Waals surface area contributed by atoms with Gasteiger partial charge in [0, 0.05) is 31.9 Å². The molecule has 90 valence electrons. The van der Waals surface area contributed by atoms with E-state index in [4.69, 9.17) is 0 Å². The molecule has 3 nitrogen and oxygen atoms in total. The summed E-state index contributed by atoms with van der Waals surface area (Å²) in [4.78, 5) is 14.2. The van der Waals surface area contributed by atoms with Crippen molar-refractivity contribution in [1.82, 2.24) is 10.2 Å². The Bertz CT molecular complexity index is 338. The largest absolute Gasteiger partial charge is 0.349 e. The van der Waals surface area contributed by atoms with E-state index in [1.165, 1.54) is 4.88 Å². The van der Waals surface area contributed by atoms with E-state index < -0.39 is 0 Å². The zero-order chi connectivity index (χ0) is 12.0. The second-order valence-corrected chi connectivity index (χ2v) is 6.32. The molecule has 0 unspecified atom stereocenters. The van der Waals surface area contributed by atoms with E-state index in [2.05, 4.69) is 33.4 Å². The predicted molar refractivity (Wildman–Crippen MR) is 71.7 cm³/mol. The van der Waals surface area contributed by atoms with Crippen LogP contribution in [0.2, 0.25) is 0 Å². The van der Waals surface area contributed by atoms with Gasteiger partial charge >= 0.3 is 0 Å². The third kappa shape index (κ3) is 5.09. The lowest BCUT2D eigenvalue weighted by molar-refractivity contribution is -0.128. The third-order valence-corrected chi connectivity index (χ3v) is 3.79. The predicted octanol–water partition coefficient (Wildman–Crippen LogP) is 2.47. The van der Waals surface area contributed by atoms with Crippen LogP contribution < -0.4 is 5.32 Å². The van der Waals surface area contributed by atoms with Crippen molar-refractivity contribution in [3.63, 3.8) is 0 Å². The zero-order valence-electron chi connectivity index (χ0n) is 9.62. The van der Waals surface area contributed by atoms with E-state index in [9.17, 15) is 4.79 Å². The van der Waals surface area contributed by atoms with Crippen molar-refractivity contribution in [2.75, 3.05) is 20.6 Å². The number of hydrogen-bond donors (Lipinski definition) is 1. The first kappa shape index (κ1) is 13.7. The van der Waals surface area contributed by atoms with Crippen LogP contribution in [0.15, 0.2) is 15.9 Å². The lowest BCUT2D eigenvalue weighted by atomic mass is 10.3. The SMILES string of the molecule is CN(C)C(=O)CCCNCc1ccc(Br)s1. The van der Waals surface area contributed by atoms with Crippen molar-refractivity contribution >= 4 is 33.2 Å². The van der Waals surface area contributed by atoms with Crippen molar-refractivity contribution in [2.45, 2.75) is 19.4 Å². The van der Waals surface area contributed by atoms with E-state index in [0.717, 1.165) is 23.3 Å². The molecule has 16 heavy (non-hydrogen) atoms. The Hall–Kier alpha value is -0.390. The average molecular weight is 305 g/mol. The quantitative estimate of drug-likeness (QED) is 0.819. The van der Waals surface area contributed by atoms with E-state index >= 15 is 0 Å². The molecule has 0 aromatic carbocycles. The third-order valence-electron chi connectivity index (χ3n) is 2.17. The maximum Gasteiger partial charge on any atom is 0.222 e. The Labute approximate surface area is 109 Å². The summed E-state index contributed by atoms with van der Waals surface area (Å²) in [5, 5.41) is 3.33. The molecule has 0 saturated heterocycles. The number of carbonyl (C=O) groups is 1. The van der Waals surface area contributed by atoms with Crippen LogP contribution in [0.3, 0.4) is 0 Å². The molecule has 0 spiro atoms. The molecular formula is C11H17BrN2OS. The highest BCUT2D eigenvalue weighted by Crippen LogP contribution is 2.21. The topological polar surface area (TPSA) is 32.3 Å². The van der Waals surface area contributed by atoms with Gasteiger partial charge < -0.3 is 10.2 Å². The smallest absolute Gasteiger partial charge is 0.222 e. The molecular weight excluding hydrogens is 288 g/mol. The Balaban J connectivity index is 2.06. The molecule has 0 radical (unpaired) electrons. The fourth-order valence-electron chi connectivity index (χ4n) is 1.25. The summed E-state index contributed by atoms with van der Waals surface area (Å²) < 4.78 is 1.16.